The molecule has 0 saturated carbocycles. The van der Waals surface area contributed by atoms with Gasteiger partial charge in [0.25, 0.3) is 0 Å². The number of para-hydroxylation sites is 1. The Hall–Kier alpha value is -1.31. The first-order valence-electron chi connectivity index (χ1n) is 6.69. The van der Waals surface area contributed by atoms with Crippen molar-refractivity contribution in [2.24, 2.45) is 0 Å². The molecule has 1 aromatic rings. The fourth-order valence-electron chi connectivity index (χ4n) is 2.53. The molecule has 2 rings (SSSR count). The van der Waals surface area contributed by atoms with Crippen molar-refractivity contribution < 1.29 is 23.0 Å². The molecule has 7 heteroatoms. The van der Waals surface area contributed by atoms with E-state index in [0.717, 1.165) is 13.1 Å². The molecule has 2 atom stereocenters. The molecule has 2 unspecified atom stereocenters. The molecule has 0 bridgehead atoms. The van der Waals surface area contributed by atoms with Gasteiger partial charge in [0.2, 0.25) is 0 Å². The molecular weight excluding hydrogens is 285 g/mol. The Morgan fingerprint density at radius 3 is 2.57 bits per heavy atom. The van der Waals surface area contributed by atoms with Crippen molar-refractivity contribution in [2.75, 3.05) is 33.7 Å². The number of alkyl halides is 3. The Bertz CT molecular complexity index is 482. The zero-order valence-electron chi connectivity index (χ0n) is 12.0. The Labute approximate surface area is 121 Å². The summed E-state index contributed by atoms with van der Waals surface area (Å²) >= 11 is 0. The Balaban J connectivity index is 2.24. The Kier molecular flexibility index (Phi) is 4.75. The fraction of sp³-hybridized carbons (Fsp3) is 0.571. The molecule has 1 aromatic carbocycles. The number of rotatable bonds is 3. The highest BCUT2D eigenvalue weighted by Crippen LogP contribution is 2.33. The van der Waals surface area contributed by atoms with Gasteiger partial charge in [-0.05, 0) is 20.2 Å². The van der Waals surface area contributed by atoms with E-state index in [1.54, 1.807) is 6.07 Å². The summed E-state index contributed by atoms with van der Waals surface area (Å²) in [6.45, 7) is 2.19. The van der Waals surface area contributed by atoms with Gasteiger partial charge < -0.3 is 14.7 Å². The van der Waals surface area contributed by atoms with Gasteiger partial charge in [-0.15, -0.1) is 13.2 Å². The lowest BCUT2D eigenvalue weighted by molar-refractivity contribution is -0.275. The van der Waals surface area contributed by atoms with E-state index in [1.807, 2.05) is 23.9 Å². The van der Waals surface area contributed by atoms with Crippen LogP contribution in [0, 0.1) is 0 Å². The van der Waals surface area contributed by atoms with Gasteiger partial charge >= 0.3 is 6.36 Å². The van der Waals surface area contributed by atoms with Crippen molar-refractivity contribution >= 4 is 0 Å². The van der Waals surface area contributed by atoms with E-state index in [2.05, 4.69) is 4.74 Å². The number of hydrogen-bond donors (Lipinski definition) is 1. The van der Waals surface area contributed by atoms with Crippen LogP contribution in [0.2, 0.25) is 0 Å². The zero-order valence-corrected chi connectivity index (χ0v) is 12.0. The van der Waals surface area contributed by atoms with Crippen molar-refractivity contribution in [1.82, 2.24) is 9.80 Å². The van der Waals surface area contributed by atoms with E-state index in [1.165, 1.54) is 18.2 Å². The second-order valence-corrected chi connectivity index (χ2v) is 5.34. The highest BCUT2D eigenvalue weighted by Gasteiger charge is 2.35. The monoisotopic (exact) mass is 304 g/mol. The van der Waals surface area contributed by atoms with Crippen LogP contribution in [0.4, 0.5) is 13.2 Å². The second kappa shape index (κ2) is 6.21. The summed E-state index contributed by atoms with van der Waals surface area (Å²) in [5.41, 5.74) is 0.155. The molecule has 0 radical (unpaired) electrons. The normalized spacial score (nSPS) is 23.0. The molecule has 0 amide bonds. The van der Waals surface area contributed by atoms with Gasteiger partial charge in [0.15, 0.2) is 0 Å². The van der Waals surface area contributed by atoms with Crippen LogP contribution < -0.4 is 4.74 Å². The summed E-state index contributed by atoms with van der Waals surface area (Å²) in [5, 5.41) is 10.5. The SMILES string of the molecule is CN1CCN(C)C(C(O)c2ccccc2OC(F)(F)F)C1. The Morgan fingerprint density at radius 2 is 1.90 bits per heavy atom. The molecule has 0 aromatic heterocycles. The number of aliphatic hydroxyl groups is 1. The summed E-state index contributed by atoms with van der Waals surface area (Å²) < 4.78 is 41.3. The van der Waals surface area contributed by atoms with Gasteiger partial charge in [-0.25, -0.2) is 0 Å². The fourth-order valence-corrected chi connectivity index (χ4v) is 2.53. The van der Waals surface area contributed by atoms with Gasteiger partial charge in [-0.1, -0.05) is 18.2 Å². The van der Waals surface area contributed by atoms with E-state index < -0.39 is 12.5 Å². The van der Waals surface area contributed by atoms with Gasteiger partial charge in [0.1, 0.15) is 5.75 Å². The molecule has 4 nitrogen and oxygen atoms in total. The van der Waals surface area contributed by atoms with E-state index in [9.17, 15) is 18.3 Å². The van der Waals surface area contributed by atoms with E-state index in [0.29, 0.717) is 6.54 Å². The lowest BCUT2D eigenvalue weighted by Gasteiger charge is -2.40. The van der Waals surface area contributed by atoms with Crippen LogP contribution in [0.1, 0.15) is 11.7 Å². The molecule has 0 spiro atoms. The number of benzene rings is 1. The zero-order chi connectivity index (χ0) is 15.6. The largest absolute Gasteiger partial charge is 0.573 e. The minimum Gasteiger partial charge on any atom is -0.405 e. The van der Waals surface area contributed by atoms with Crippen LogP contribution in [-0.4, -0.2) is 61.0 Å². The first-order chi connectivity index (χ1) is 9.78. The number of ether oxygens (including phenoxy) is 1. The van der Waals surface area contributed by atoms with Crippen molar-refractivity contribution in [3.63, 3.8) is 0 Å². The molecule has 21 heavy (non-hydrogen) atoms. The maximum atomic E-state index is 12.4. The molecular formula is C14H19F3N2O2. The van der Waals surface area contributed by atoms with E-state index in [4.69, 9.17) is 0 Å². The average Bonchev–Trinajstić information content (AvgIpc) is 2.39. The smallest absolute Gasteiger partial charge is 0.405 e. The lowest BCUT2D eigenvalue weighted by Crippen LogP contribution is -2.52. The third-order valence-electron chi connectivity index (χ3n) is 3.73. The number of likely N-dealkylation sites (N-methyl/N-ethyl adjacent to an activating group) is 2. The van der Waals surface area contributed by atoms with Crippen LogP contribution in [0.3, 0.4) is 0 Å². The Morgan fingerprint density at radius 1 is 1.24 bits per heavy atom. The van der Waals surface area contributed by atoms with Gasteiger partial charge in [0.05, 0.1) is 12.1 Å². The van der Waals surface area contributed by atoms with Crippen molar-refractivity contribution in [2.45, 2.75) is 18.5 Å². The molecule has 1 heterocycles. The summed E-state index contributed by atoms with van der Waals surface area (Å²) in [7, 11) is 3.78. The summed E-state index contributed by atoms with van der Waals surface area (Å²) in [5.74, 6) is -0.348. The maximum absolute atomic E-state index is 12.4. The number of piperazine rings is 1. The van der Waals surface area contributed by atoms with Crippen molar-refractivity contribution in [3.05, 3.63) is 29.8 Å². The first kappa shape index (κ1) is 16.1. The standard InChI is InChI=1S/C14H19F3N2O2/c1-18-7-8-19(2)11(9-18)13(20)10-5-3-4-6-12(10)21-14(15,16)17/h3-6,11,13,20H,7-9H2,1-2H3. The third kappa shape index (κ3) is 4.09. The maximum Gasteiger partial charge on any atom is 0.573 e. The average molecular weight is 304 g/mol. The molecule has 1 N–H and O–H groups in total. The molecule has 1 fully saturated rings. The predicted octanol–water partition coefficient (Wildman–Crippen LogP) is 1.86. The van der Waals surface area contributed by atoms with Crippen molar-refractivity contribution in [1.29, 1.82) is 0 Å². The molecule has 1 aliphatic heterocycles. The first-order valence-corrected chi connectivity index (χ1v) is 6.69. The minimum atomic E-state index is -4.77. The van der Waals surface area contributed by atoms with Crippen LogP contribution in [-0.2, 0) is 0 Å². The predicted molar refractivity (Wildman–Crippen MR) is 72.0 cm³/mol. The topological polar surface area (TPSA) is 35.9 Å². The van der Waals surface area contributed by atoms with Crippen molar-refractivity contribution in [3.8, 4) is 5.75 Å². The molecule has 1 aliphatic rings. The number of halogens is 3. The summed E-state index contributed by atoms with van der Waals surface area (Å²) in [6, 6.07) is 5.46. The van der Waals surface area contributed by atoms with Crippen LogP contribution in [0.5, 0.6) is 5.75 Å². The van der Waals surface area contributed by atoms with Gasteiger partial charge in [0, 0.05) is 25.2 Å². The van der Waals surface area contributed by atoms with Gasteiger partial charge in [-0.3, -0.25) is 4.90 Å². The van der Waals surface area contributed by atoms with Crippen LogP contribution in [0.15, 0.2) is 24.3 Å². The molecule has 118 valence electrons. The van der Waals surface area contributed by atoms with E-state index >= 15 is 0 Å². The summed E-state index contributed by atoms with van der Waals surface area (Å²) in [4.78, 5) is 4.00. The number of hydrogen-bond acceptors (Lipinski definition) is 4. The molecule has 0 aliphatic carbocycles. The van der Waals surface area contributed by atoms with Gasteiger partial charge in [-0.2, -0.15) is 0 Å². The summed E-state index contributed by atoms with van der Waals surface area (Å²) in [6.07, 6.45) is -5.82. The minimum absolute atomic E-state index is 0.155. The quantitative estimate of drug-likeness (QED) is 0.925. The highest BCUT2D eigenvalue weighted by molar-refractivity contribution is 5.36. The third-order valence-corrected chi connectivity index (χ3v) is 3.73. The van der Waals surface area contributed by atoms with Crippen LogP contribution in [0.25, 0.3) is 0 Å². The van der Waals surface area contributed by atoms with E-state index in [-0.39, 0.29) is 17.4 Å². The second-order valence-electron chi connectivity index (χ2n) is 5.34. The number of nitrogens with zero attached hydrogens (tertiary/aromatic N) is 2. The highest BCUT2D eigenvalue weighted by atomic mass is 19.4. The number of aliphatic hydroxyl groups excluding tert-OH is 1. The lowest BCUT2D eigenvalue weighted by atomic mass is 9.98. The van der Waals surface area contributed by atoms with Crippen LogP contribution >= 0.6 is 0 Å². The molecule has 1 saturated heterocycles.